The van der Waals surface area contributed by atoms with E-state index in [1.807, 2.05) is 0 Å². The minimum Gasteiger partial charge on any atom is -0.450 e. The molecule has 0 bridgehead atoms. The summed E-state index contributed by atoms with van der Waals surface area (Å²) < 4.78 is 10.7. The number of rotatable bonds is 4. The first-order valence-electron chi connectivity index (χ1n) is 4.47. The maximum Gasteiger partial charge on any atom is 0.341 e. The van der Waals surface area contributed by atoms with Gasteiger partial charge >= 0.3 is 11.9 Å². The molecule has 0 fully saturated rings. The van der Waals surface area contributed by atoms with Crippen molar-refractivity contribution >= 4 is 75.7 Å². The second-order valence-corrected chi connectivity index (χ2v) is 5.43. The molecule has 0 saturated heterocycles. The molecule has 18 heavy (non-hydrogen) atoms. The molecule has 0 unspecified atom stereocenters. The Hall–Kier alpha value is 0.0800. The zero-order valence-corrected chi connectivity index (χ0v) is 15.1. The summed E-state index contributed by atoms with van der Waals surface area (Å²) in [6.07, 6.45) is 0. The zero-order valence-electron chi connectivity index (χ0n) is 8.71. The topological polar surface area (TPSA) is 52.6 Å². The molecule has 0 radical (unpaired) electrons. The van der Waals surface area contributed by atoms with Gasteiger partial charge in [-0.3, -0.25) is 0 Å². The quantitative estimate of drug-likeness (QED) is 0.450. The number of carbonyl (C=O) groups is 2. The summed E-state index contributed by atoms with van der Waals surface area (Å²) >= 11 is 12.5. The van der Waals surface area contributed by atoms with Gasteiger partial charge in [0.1, 0.15) is 11.0 Å². The van der Waals surface area contributed by atoms with Gasteiger partial charge in [0.05, 0.1) is 11.1 Å². The molecule has 1 aromatic rings. The van der Waals surface area contributed by atoms with Gasteiger partial charge in [0.15, 0.2) is 0 Å². The Balaban J connectivity index is 3.29. The summed E-state index contributed by atoms with van der Waals surface area (Å²) in [6.45, 7) is 0. The molecule has 0 amide bonds. The van der Waals surface area contributed by atoms with Crippen molar-refractivity contribution in [2.75, 3.05) is 11.0 Å². The minimum absolute atomic E-state index is 0.0394. The lowest BCUT2D eigenvalue weighted by Crippen LogP contribution is -2.14. The number of alkyl halides is 2. The molecule has 0 aliphatic rings. The van der Waals surface area contributed by atoms with Gasteiger partial charge in [-0.2, -0.15) is 0 Å². The van der Waals surface area contributed by atoms with Crippen LogP contribution in [-0.4, -0.2) is 23.0 Å². The van der Waals surface area contributed by atoms with Gasteiger partial charge in [0.25, 0.3) is 0 Å². The van der Waals surface area contributed by atoms with Crippen molar-refractivity contribution < 1.29 is 19.1 Å². The highest BCUT2D eigenvalue weighted by molar-refractivity contribution is 9.13. The third-order valence-corrected chi connectivity index (χ3v) is 4.36. The van der Waals surface area contributed by atoms with E-state index in [1.54, 1.807) is 6.07 Å². The average Bonchev–Trinajstić information content (AvgIpc) is 2.32. The SMILES string of the molecule is O=C(OCBr)c1ccc(Br)c(Br)c1C(=O)OCBr. The lowest BCUT2D eigenvalue weighted by atomic mass is 10.1. The molecular formula is C10H6Br4O4. The van der Waals surface area contributed by atoms with Gasteiger partial charge in [-0.25, -0.2) is 9.59 Å². The molecule has 98 valence electrons. The van der Waals surface area contributed by atoms with E-state index in [0.717, 1.165) is 0 Å². The van der Waals surface area contributed by atoms with E-state index in [9.17, 15) is 9.59 Å². The summed E-state index contributed by atoms with van der Waals surface area (Å²) in [5, 5.41) is 0. The Morgan fingerprint density at radius 3 is 2.11 bits per heavy atom. The molecule has 1 aromatic carbocycles. The number of halogens is 4. The zero-order chi connectivity index (χ0) is 13.7. The van der Waals surface area contributed by atoms with Crippen molar-refractivity contribution in [1.29, 1.82) is 0 Å². The fraction of sp³-hybridized carbons (Fsp3) is 0.200. The number of hydrogen-bond acceptors (Lipinski definition) is 4. The van der Waals surface area contributed by atoms with Crippen LogP contribution in [0.25, 0.3) is 0 Å². The molecule has 0 saturated carbocycles. The standard InChI is InChI=1S/C10H6Br4O4/c11-3-17-9(15)5-1-2-6(13)8(14)7(5)10(16)18-4-12/h1-2H,3-4H2. The van der Waals surface area contributed by atoms with E-state index in [-0.39, 0.29) is 22.2 Å². The summed E-state index contributed by atoms with van der Waals surface area (Å²) in [5.74, 6) is -1.23. The highest BCUT2D eigenvalue weighted by Gasteiger charge is 2.23. The number of esters is 2. The van der Waals surface area contributed by atoms with Gasteiger partial charge in [0, 0.05) is 8.95 Å². The molecule has 0 heterocycles. The Bertz CT molecular complexity index is 475. The monoisotopic (exact) mass is 506 g/mol. The second kappa shape index (κ2) is 7.62. The predicted octanol–water partition coefficient (Wildman–Crippen LogP) is 4.23. The van der Waals surface area contributed by atoms with E-state index in [2.05, 4.69) is 63.7 Å². The molecule has 0 aliphatic carbocycles. The molecule has 4 nitrogen and oxygen atoms in total. The number of benzene rings is 1. The molecule has 8 heteroatoms. The molecule has 0 N–H and O–H groups in total. The van der Waals surface area contributed by atoms with Crippen molar-refractivity contribution in [2.24, 2.45) is 0 Å². The first-order valence-corrected chi connectivity index (χ1v) is 8.30. The van der Waals surface area contributed by atoms with Crippen LogP contribution in [-0.2, 0) is 9.47 Å². The van der Waals surface area contributed by atoms with Gasteiger partial charge in [-0.15, -0.1) is 0 Å². The Morgan fingerprint density at radius 1 is 1.00 bits per heavy atom. The first-order chi connectivity index (χ1) is 8.52. The lowest BCUT2D eigenvalue weighted by molar-refractivity contribution is 0.0537. The van der Waals surface area contributed by atoms with Crippen LogP contribution in [0.1, 0.15) is 20.7 Å². The van der Waals surface area contributed by atoms with Crippen molar-refractivity contribution in [3.63, 3.8) is 0 Å². The Kier molecular flexibility index (Phi) is 6.83. The first kappa shape index (κ1) is 16.1. The van der Waals surface area contributed by atoms with E-state index < -0.39 is 11.9 Å². The van der Waals surface area contributed by atoms with Crippen LogP contribution in [0.5, 0.6) is 0 Å². The highest BCUT2D eigenvalue weighted by Crippen LogP contribution is 2.30. The van der Waals surface area contributed by atoms with Crippen LogP contribution in [0.2, 0.25) is 0 Å². The average molecular weight is 510 g/mol. The van der Waals surface area contributed by atoms with Gasteiger partial charge < -0.3 is 9.47 Å². The molecular weight excluding hydrogens is 504 g/mol. The highest BCUT2D eigenvalue weighted by atomic mass is 79.9. The number of hydrogen-bond donors (Lipinski definition) is 0. The smallest absolute Gasteiger partial charge is 0.341 e. The van der Waals surface area contributed by atoms with E-state index >= 15 is 0 Å². The van der Waals surface area contributed by atoms with Crippen molar-refractivity contribution in [3.8, 4) is 0 Å². The number of ether oxygens (including phenoxy) is 2. The lowest BCUT2D eigenvalue weighted by Gasteiger charge is -2.10. The summed E-state index contributed by atoms with van der Waals surface area (Å²) in [5.41, 5.74) is 0.342. The van der Waals surface area contributed by atoms with Gasteiger partial charge in [-0.05, 0) is 75.9 Å². The van der Waals surface area contributed by atoms with Crippen LogP contribution < -0.4 is 0 Å². The van der Waals surface area contributed by atoms with Gasteiger partial charge in [0.2, 0.25) is 0 Å². The summed E-state index contributed by atoms with van der Waals surface area (Å²) in [4.78, 5) is 23.6. The third-order valence-electron chi connectivity index (χ3n) is 1.89. The van der Waals surface area contributed by atoms with Crippen LogP contribution in [0.4, 0.5) is 0 Å². The minimum atomic E-state index is -0.624. The Labute approximate surface area is 137 Å². The third kappa shape index (κ3) is 3.79. The van der Waals surface area contributed by atoms with E-state index in [0.29, 0.717) is 8.95 Å². The molecule has 0 spiro atoms. The number of carbonyl (C=O) groups excluding carboxylic acids is 2. The largest absolute Gasteiger partial charge is 0.450 e. The molecule has 1 rings (SSSR count). The van der Waals surface area contributed by atoms with Crippen LogP contribution in [0, 0.1) is 0 Å². The normalized spacial score (nSPS) is 10.0. The van der Waals surface area contributed by atoms with E-state index in [1.165, 1.54) is 6.07 Å². The van der Waals surface area contributed by atoms with Gasteiger partial charge in [-0.1, -0.05) is 0 Å². The maximum absolute atomic E-state index is 11.8. The second-order valence-electron chi connectivity index (χ2n) is 2.87. The fourth-order valence-electron chi connectivity index (χ4n) is 1.17. The predicted molar refractivity (Wildman–Crippen MR) is 80.3 cm³/mol. The van der Waals surface area contributed by atoms with Crippen molar-refractivity contribution in [3.05, 3.63) is 32.2 Å². The van der Waals surface area contributed by atoms with Crippen LogP contribution in [0.3, 0.4) is 0 Å². The van der Waals surface area contributed by atoms with Crippen molar-refractivity contribution in [2.45, 2.75) is 0 Å². The van der Waals surface area contributed by atoms with Crippen LogP contribution in [0.15, 0.2) is 21.1 Å². The fourth-order valence-corrected chi connectivity index (χ4v) is 2.42. The van der Waals surface area contributed by atoms with Crippen LogP contribution >= 0.6 is 63.7 Å². The Morgan fingerprint density at radius 2 is 1.56 bits per heavy atom. The molecule has 0 atom stereocenters. The molecule has 0 aliphatic heterocycles. The van der Waals surface area contributed by atoms with E-state index in [4.69, 9.17) is 9.47 Å². The summed E-state index contributed by atoms with van der Waals surface area (Å²) in [6, 6.07) is 3.13. The molecule has 0 aromatic heterocycles. The maximum atomic E-state index is 11.8. The summed E-state index contributed by atoms with van der Waals surface area (Å²) in [7, 11) is 0. The van der Waals surface area contributed by atoms with Crippen molar-refractivity contribution in [1.82, 2.24) is 0 Å².